The lowest BCUT2D eigenvalue weighted by molar-refractivity contribution is -0.275. The third-order valence-corrected chi connectivity index (χ3v) is 8.37. The van der Waals surface area contributed by atoms with E-state index in [0.717, 1.165) is 48.4 Å². The number of piperidine rings is 1. The van der Waals surface area contributed by atoms with Crippen molar-refractivity contribution in [1.82, 2.24) is 18.8 Å². The van der Waals surface area contributed by atoms with Gasteiger partial charge >= 0.3 is 6.36 Å². The molecule has 1 aliphatic carbocycles. The first-order chi connectivity index (χ1) is 15.7. The first kappa shape index (κ1) is 22.1. The molecule has 1 saturated carbocycles. The molecule has 5 rings (SSSR count). The summed E-state index contributed by atoms with van der Waals surface area (Å²) < 4.78 is 72.1. The van der Waals surface area contributed by atoms with Crippen LogP contribution in [0.15, 0.2) is 47.5 Å². The largest absolute Gasteiger partial charge is 0.573 e. The van der Waals surface area contributed by atoms with Crippen LogP contribution in [-0.2, 0) is 10.0 Å². The third-order valence-electron chi connectivity index (χ3n) is 6.43. The summed E-state index contributed by atoms with van der Waals surface area (Å²) in [6, 6.07) is 8.65. The first-order valence-corrected chi connectivity index (χ1v) is 12.4. The monoisotopic (exact) mass is 480 g/mol. The van der Waals surface area contributed by atoms with E-state index in [0.29, 0.717) is 18.8 Å². The van der Waals surface area contributed by atoms with Crippen LogP contribution in [0.25, 0.3) is 11.2 Å². The van der Waals surface area contributed by atoms with Gasteiger partial charge in [0.05, 0.1) is 0 Å². The fraction of sp³-hybridized carbons (Fsp3) is 0.455. The molecule has 3 heterocycles. The minimum Gasteiger partial charge on any atom is -0.404 e. The minimum atomic E-state index is -4.98. The van der Waals surface area contributed by atoms with Gasteiger partial charge in [0.25, 0.3) is 0 Å². The van der Waals surface area contributed by atoms with Crippen molar-refractivity contribution in [3.8, 4) is 5.75 Å². The van der Waals surface area contributed by atoms with Crippen LogP contribution in [-0.4, -0.2) is 46.7 Å². The molecule has 0 amide bonds. The van der Waals surface area contributed by atoms with Gasteiger partial charge in [-0.15, -0.1) is 13.2 Å². The number of nitrogens with zero attached hydrogens (tertiary/aromatic N) is 4. The van der Waals surface area contributed by atoms with Gasteiger partial charge < -0.3 is 9.30 Å². The fourth-order valence-corrected chi connectivity index (χ4v) is 6.20. The van der Waals surface area contributed by atoms with E-state index in [9.17, 15) is 21.6 Å². The molecule has 2 aromatic heterocycles. The fourth-order valence-electron chi connectivity index (χ4n) is 4.61. The van der Waals surface area contributed by atoms with Crippen molar-refractivity contribution < 1.29 is 26.3 Å². The molecule has 0 spiro atoms. The Morgan fingerprint density at radius 3 is 2.39 bits per heavy atom. The van der Waals surface area contributed by atoms with Crippen molar-refractivity contribution in [3.63, 3.8) is 0 Å². The Kier molecular flexibility index (Phi) is 5.56. The number of benzene rings is 1. The lowest BCUT2D eigenvalue weighted by Crippen LogP contribution is -2.39. The predicted octanol–water partition coefficient (Wildman–Crippen LogP) is 4.62. The van der Waals surface area contributed by atoms with Gasteiger partial charge in [0, 0.05) is 31.2 Å². The zero-order chi connectivity index (χ0) is 23.2. The number of imidazole rings is 1. The Balaban J connectivity index is 1.39. The summed E-state index contributed by atoms with van der Waals surface area (Å²) in [5, 5.41) is 0. The molecule has 11 heteroatoms. The number of pyridine rings is 1. The standard InChI is InChI=1S/C22H23F3N4O3S/c23-22(24,25)32-18-8-1-2-9-19(18)33(30,31)28-13-10-16(11-14-28)29-20(15-5-3-6-15)27-17-7-4-12-26-21(17)29/h1-2,4,7-9,12,15-16H,3,5-6,10-11,13-14H2. The number of aromatic nitrogens is 3. The number of ether oxygens (including phenoxy) is 1. The summed E-state index contributed by atoms with van der Waals surface area (Å²) in [7, 11) is -4.15. The Hall–Kier alpha value is -2.66. The normalized spacial score (nSPS) is 19.0. The first-order valence-electron chi connectivity index (χ1n) is 10.9. The molecule has 1 aliphatic heterocycles. The molecule has 0 radical (unpaired) electrons. The van der Waals surface area contributed by atoms with Crippen LogP contribution < -0.4 is 4.74 Å². The maximum atomic E-state index is 13.2. The van der Waals surface area contributed by atoms with Crippen LogP contribution in [0.2, 0.25) is 0 Å². The molecule has 7 nitrogen and oxygen atoms in total. The maximum Gasteiger partial charge on any atom is 0.573 e. The molecule has 1 aromatic carbocycles. The second-order valence-electron chi connectivity index (χ2n) is 8.44. The van der Waals surface area contributed by atoms with E-state index >= 15 is 0 Å². The summed E-state index contributed by atoms with van der Waals surface area (Å²) in [5.41, 5.74) is 1.62. The molecule has 2 fully saturated rings. The number of fused-ring (bicyclic) bond motifs is 1. The van der Waals surface area contributed by atoms with Crippen LogP contribution in [0.4, 0.5) is 13.2 Å². The van der Waals surface area contributed by atoms with Crippen molar-refractivity contribution in [2.24, 2.45) is 0 Å². The number of para-hydroxylation sites is 1. The number of sulfonamides is 1. The number of hydrogen-bond donors (Lipinski definition) is 0. The van der Waals surface area contributed by atoms with Crippen molar-refractivity contribution in [1.29, 1.82) is 0 Å². The number of rotatable bonds is 5. The van der Waals surface area contributed by atoms with E-state index in [1.54, 1.807) is 6.20 Å². The molecule has 3 aromatic rings. The van der Waals surface area contributed by atoms with E-state index < -0.39 is 27.0 Å². The lowest BCUT2D eigenvalue weighted by atomic mass is 9.84. The van der Waals surface area contributed by atoms with Gasteiger partial charge in [-0.1, -0.05) is 18.6 Å². The highest BCUT2D eigenvalue weighted by molar-refractivity contribution is 7.89. The van der Waals surface area contributed by atoms with Gasteiger partial charge in [0.15, 0.2) is 5.65 Å². The van der Waals surface area contributed by atoms with E-state index in [1.807, 2.05) is 12.1 Å². The van der Waals surface area contributed by atoms with E-state index in [-0.39, 0.29) is 19.1 Å². The van der Waals surface area contributed by atoms with Crippen molar-refractivity contribution >= 4 is 21.2 Å². The van der Waals surface area contributed by atoms with Gasteiger partial charge in [-0.3, -0.25) is 0 Å². The molecule has 1 saturated heterocycles. The minimum absolute atomic E-state index is 0.0219. The molecule has 0 N–H and O–H groups in total. The van der Waals surface area contributed by atoms with Gasteiger partial charge in [-0.2, -0.15) is 4.31 Å². The second-order valence-corrected chi connectivity index (χ2v) is 10.4. The van der Waals surface area contributed by atoms with E-state index in [4.69, 9.17) is 4.98 Å². The SMILES string of the molecule is O=S(=O)(c1ccccc1OC(F)(F)F)N1CCC(n2c(C3CCC3)nc3cccnc32)CC1. The molecule has 176 valence electrons. The van der Waals surface area contributed by atoms with Crippen LogP contribution in [0.3, 0.4) is 0 Å². The molecular formula is C22H23F3N4O3S. The Morgan fingerprint density at radius 1 is 1.00 bits per heavy atom. The summed E-state index contributed by atoms with van der Waals surface area (Å²) in [6.07, 6.45) is 1.09. The summed E-state index contributed by atoms with van der Waals surface area (Å²) in [5.74, 6) is 0.664. The topological polar surface area (TPSA) is 77.3 Å². The molecule has 0 unspecified atom stereocenters. The van der Waals surface area contributed by atoms with Crippen molar-refractivity contribution in [2.45, 2.75) is 55.3 Å². The van der Waals surface area contributed by atoms with Crippen molar-refractivity contribution in [3.05, 3.63) is 48.4 Å². The van der Waals surface area contributed by atoms with E-state index in [1.165, 1.54) is 16.4 Å². The number of halogens is 3. The van der Waals surface area contributed by atoms with Gasteiger partial charge in [-0.25, -0.2) is 18.4 Å². The Bertz CT molecular complexity index is 1260. The highest BCUT2D eigenvalue weighted by Gasteiger charge is 2.38. The van der Waals surface area contributed by atoms with Gasteiger partial charge in [0.1, 0.15) is 22.0 Å². The molecule has 33 heavy (non-hydrogen) atoms. The lowest BCUT2D eigenvalue weighted by Gasteiger charge is -2.34. The molecule has 0 bridgehead atoms. The average Bonchev–Trinajstić information content (AvgIpc) is 3.10. The number of alkyl halides is 3. The second kappa shape index (κ2) is 8.28. The molecular weight excluding hydrogens is 457 g/mol. The third kappa shape index (κ3) is 4.19. The predicted molar refractivity (Wildman–Crippen MR) is 114 cm³/mol. The maximum absolute atomic E-state index is 13.2. The summed E-state index contributed by atoms with van der Waals surface area (Å²) in [4.78, 5) is 8.86. The van der Waals surface area contributed by atoms with Gasteiger partial charge in [-0.05, 0) is 49.9 Å². The van der Waals surface area contributed by atoms with E-state index in [2.05, 4.69) is 14.3 Å². The zero-order valence-electron chi connectivity index (χ0n) is 17.7. The number of hydrogen-bond acceptors (Lipinski definition) is 5. The average molecular weight is 481 g/mol. The van der Waals surface area contributed by atoms with Crippen LogP contribution in [0.1, 0.15) is 49.9 Å². The highest BCUT2D eigenvalue weighted by Crippen LogP contribution is 2.40. The smallest absolute Gasteiger partial charge is 0.404 e. The van der Waals surface area contributed by atoms with Crippen LogP contribution in [0.5, 0.6) is 5.75 Å². The quantitative estimate of drug-likeness (QED) is 0.533. The Morgan fingerprint density at radius 2 is 1.73 bits per heavy atom. The summed E-state index contributed by atoms with van der Waals surface area (Å²) >= 11 is 0. The summed E-state index contributed by atoms with van der Waals surface area (Å²) in [6.45, 7) is 0.369. The molecule has 0 atom stereocenters. The highest BCUT2D eigenvalue weighted by atomic mass is 32.2. The Labute approximate surface area is 189 Å². The van der Waals surface area contributed by atoms with Crippen LogP contribution in [0, 0.1) is 0 Å². The van der Waals surface area contributed by atoms with Gasteiger partial charge in [0.2, 0.25) is 10.0 Å². The van der Waals surface area contributed by atoms with Crippen LogP contribution >= 0.6 is 0 Å². The van der Waals surface area contributed by atoms with Crippen molar-refractivity contribution in [2.75, 3.05) is 13.1 Å². The molecule has 2 aliphatic rings. The zero-order valence-corrected chi connectivity index (χ0v) is 18.5.